The summed E-state index contributed by atoms with van der Waals surface area (Å²) >= 11 is 0. The van der Waals surface area contributed by atoms with Crippen LogP contribution in [0.5, 0.6) is 0 Å². The summed E-state index contributed by atoms with van der Waals surface area (Å²) in [7, 11) is 1.71. The highest BCUT2D eigenvalue weighted by Gasteiger charge is 2.32. The molecule has 5 nitrogen and oxygen atoms in total. The average Bonchev–Trinajstić information content (AvgIpc) is 2.90. The van der Waals surface area contributed by atoms with E-state index < -0.39 is 11.7 Å². The fourth-order valence-electron chi connectivity index (χ4n) is 1.94. The topological polar surface area (TPSA) is 55.6 Å². The highest BCUT2D eigenvalue weighted by atomic mass is 19.4. The van der Waals surface area contributed by atoms with E-state index >= 15 is 0 Å². The molecule has 0 spiro atoms. The average molecular weight is 299 g/mol. The van der Waals surface area contributed by atoms with Crippen molar-refractivity contribution in [2.75, 3.05) is 12.4 Å². The van der Waals surface area contributed by atoms with E-state index in [0.29, 0.717) is 29.4 Å². The summed E-state index contributed by atoms with van der Waals surface area (Å²) in [5, 5.41) is 6.70. The van der Waals surface area contributed by atoms with E-state index in [0.717, 1.165) is 23.5 Å². The lowest BCUT2D eigenvalue weighted by molar-refractivity contribution is -0.137. The summed E-state index contributed by atoms with van der Waals surface area (Å²) in [6.07, 6.45) is -1.20. The maximum Gasteiger partial charge on any atom is 0.419 e. The summed E-state index contributed by atoms with van der Waals surface area (Å²) in [6, 6.07) is 0. The van der Waals surface area contributed by atoms with Gasteiger partial charge in [-0.1, -0.05) is 6.92 Å². The molecule has 114 valence electrons. The molecule has 0 aliphatic rings. The fraction of sp³-hybridized carbons (Fsp3) is 0.462. The summed E-state index contributed by atoms with van der Waals surface area (Å²) in [5.41, 5.74) is -0.155. The smallest absolute Gasteiger partial charge is 0.373 e. The van der Waals surface area contributed by atoms with Crippen LogP contribution in [0.3, 0.4) is 0 Å². The van der Waals surface area contributed by atoms with Crippen molar-refractivity contribution in [3.05, 3.63) is 29.3 Å². The number of anilines is 1. The van der Waals surface area contributed by atoms with Crippen LogP contribution in [0.4, 0.5) is 19.0 Å². The molecule has 0 unspecified atom stereocenters. The molecule has 2 aromatic heterocycles. The van der Waals surface area contributed by atoms with E-state index in [1.54, 1.807) is 14.0 Å². The van der Waals surface area contributed by atoms with Crippen molar-refractivity contribution in [2.45, 2.75) is 32.9 Å². The Balaban J connectivity index is 2.51. The molecule has 0 aromatic carbocycles. The van der Waals surface area contributed by atoms with E-state index in [4.69, 9.17) is 0 Å². The number of rotatable bonds is 4. The minimum Gasteiger partial charge on any atom is -0.373 e. The van der Waals surface area contributed by atoms with Crippen molar-refractivity contribution < 1.29 is 13.2 Å². The molecule has 2 heterocycles. The van der Waals surface area contributed by atoms with Gasteiger partial charge in [0.25, 0.3) is 0 Å². The van der Waals surface area contributed by atoms with Gasteiger partial charge in [0.15, 0.2) is 5.82 Å². The number of nitrogens with one attached hydrogen (secondary N) is 1. The van der Waals surface area contributed by atoms with Crippen LogP contribution >= 0.6 is 0 Å². The third-order valence-electron chi connectivity index (χ3n) is 3.00. The Morgan fingerprint density at radius 2 is 2.00 bits per heavy atom. The summed E-state index contributed by atoms with van der Waals surface area (Å²) < 4.78 is 39.1. The van der Waals surface area contributed by atoms with Gasteiger partial charge in [0, 0.05) is 25.2 Å². The number of alkyl halides is 3. The first-order valence-electron chi connectivity index (χ1n) is 6.54. The number of hydrogen-bond acceptors (Lipinski definition) is 4. The van der Waals surface area contributed by atoms with Gasteiger partial charge in [-0.2, -0.15) is 18.3 Å². The second-order valence-corrected chi connectivity index (χ2v) is 4.61. The molecule has 2 rings (SSSR count). The summed E-state index contributed by atoms with van der Waals surface area (Å²) in [6.45, 7) is 3.73. The predicted octanol–water partition coefficient (Wildman–Crippen LogP) is 2.98. The minimum absolute atomic E-state index is 0.355. The van der Waals surface area contributed by atoms with Crippen molar-refractivity contribution >= 4 is 5.82 Å². The molecule has 8 heteroatoms. The monoisotopic (exact) mass is 299 g/mol. The molecule has 21 heavy (non-hydrogen) atoms. The molecule has 0 bridgehead atoms. The zero-order chi connectivity index (χ0) is 15.6. The molecule has 0 radical (unpaired) electrons. The molecular formula is C13H16F3N5. The van der Waals surface area contributed by atoms with Gasteiger partial charge in [-0.3, -0.25) is 0 Å². The Labute approximate surface area is 120 Å². The van der Waals surface area contributed by atoms with E-state index in [1.807, 2.05) is 6.92 Å². The maximum atomic E-state index is 12.7. The number of halogens is 3. The van der Waals surface area contributed by atoms with Gasteiger partial charge in [-0.15, -0.1) is 0 Å². The Bertz CT molecular complexity index is 633. The first-order valence-corrected chi connectivity index (χ1v) is 6.54. The molecule has 0 aliphatic carbocycles. The van der Waals surface area contributed by atoms with Crippen molar-refractivity contribution in [3.8, 4) is 5.82 Å². The van der Waals surface area contributed by atoms with Gasteiger partial charge in [0.1, 0.15) is 11.6 Å². The number of aromatic nitrogens is 4. The zero-order valence-electron chi connectivity index (χ0n) is 12.0. The van der Waals surface area contributed by atoms with Crippen LogP contribution in [0.2, 0.25) is 0 Å². The minimum atomic E-state index is -4.42. The van der Waals surface area contributed by atoms with E-state index in [2.05, 4.69) is 20.4 Å². The van der Waals surface area contributed by atoms with Crippen molar-refractivity contribution in [3.63, 3.8) is 0 Å². The van der Waals surface area contributed by atoms with Crippen LogP contribution in [0.1, 0.15) is 30.3 Å². The molecule has 0 aliphatic heterocycles. The molecule has 0 amide bonds. The largest absolute Gasteiger partial charge is 0.419 e. The second kappa shape index (κ2) is 5.71. The van der Waals surface area contributed by atoms with Gasteiger partial charge in [0.05, 0.1) is 11.8 Å². The van der Waals surface area contributed by atoms with Crippen molar-refractivity contribution in [1.82, 2.24) is 19.7 Å². The van der Waals surface area contributed by atoms with Crippen LogP contribution in [0.25, 0.3) is 5.82 Å². The van der Waals surface area contributed by atoms with Crippen LogP contribution in [-0.2, 0) is 12.6 Å². The fourth-order valence-corrected chi connectivity index (χ4v) is 1.94. The van der Waals surface area contributed by atoms with Crippen LogP contribution in [-0.4, -0.2) is 26.8 Å². The Morgan fingerprint density at radius 3 is 2.52 bits per heavy atom. The Morgan fingerprint density at radius 1 is 1.29 bits per heavy atom. The lowest BCUT2D eigenvalue weighted by Crippen LogP contribution is -2.10. The first kappa shape index (κ1) is 15.3. The predicted molar refractivity (Wildman–Crippen MR) is 72.4 cm³/mol. The quantitative estimate of drug-likeness (QED) is 0.943. The standard InChI is InChI=1S/C13H16F3N5/c1-4-5-10-19-11(17-3)8(2)12(20-10)21-7-9(6-18-21)13(14,15)16/h6-7H,4-5H2,1-3H3,(H,17,19,20). The van der Waals surface area contributed by atoms with Gasteiger partial charge in [0.2, 0.25) is 0 Å². The maximum absolute atomic E-state index is 12.7. The molecule has 0 saturated carbocycles. The molecule has 1 N–H and O–H groups in total. The van der Waals surface area contributed by atoms with E-state index in [9.17, 15) is 13.2 Å². The van der Waals surface area contributed by atoms with E-state index in [-0.39, 0.29) is 0 Å². The van der Waals surface area contributed by atoms with Crippen LogP contribution in [0.15, 0.2) is 12.4 Å². The van der Waals surface area contributed by atoms with E-state index in [1.165, 1.54) is 0 Å². The lowest BCUT2D eigenvalue weighted by atomic mass is 10.2. The van der Waals surface area contributed by atoms with Crippen LogP contribution in [0, 0.1) is 6.92 Å². The van der Waals surface area contributed by atoms with Crippen LogP contribution < -0.4 is 5.32 Å². The van der Waals surface area contributed by atoms with Gasteiger partial charge < -0.3 is 5.32 Å². The third-order valence-corrected chi connectivity index (χ3v) is 3.00. The molecule has 0 saturated heterocycles. The zero-order valence-corrected chi connectivity index (χ0v) is 12.0. The number of aryl methyl sites for hydroxylation is 1. The third kappa shape index (κ3) is 3.14. The number of hydrogen-bond donors (Lipinski definition) is 1. The second-order valence-electron chi connectivity index (χ2n) is 4.61. The molecular weight excluding hydrogens is 283 g/mol. The Hall–Kier alpha value is -2.12. The molecule has 0 fully saturated rings. The summed E-state index contributed by atoms with van der Waals surface area (Å²) in [5.74, 6) is 1.52. The first-order chi connectivity index (χ1) is 9.86. The number of nitrogens with zero attached hydrogens (tertiary/aromatic N) is 4. The van der Waals surface area contributed by atoms with Crippen molar-refractivity contribution in [2.24, 2.45) is 0 Å². The van der Waals surface area contributed by atoms with Crippen molar-refractivity contribution in [1.29, 1.82) is 0 Å². The molecule has 2 aromatic rings. The highest BCUT2D eigenvalue weighted by Crippen LogP contribution is 2.29. The lowest BCUT2D eigenvalue weighted by Gasteiger charge is -2.11. The highest BCUT2D eigenvalue weighted by molar-refractivity contribution is 5.51. The summed E-state index contributed by atoms with van der Waals surface area (Å²) in [4.78, 5) is 8.65. The van der Waals surface area contributed by atoms with Gasteiger partial charge in [-0.25, -0.2) is 14.6 Å². The Kier molecular flexibility index (Phi) is 4.15. The SMILES string of the molecule is CCCc1nc(NC)c(C)c(-n2cc(C(F)(F)F)cn2)n1. The molecule has 0 atom stereocenters. The normalized spacial score (nSPS) is 11.7. The van der Waals surface area contributed by atoms with Gasteiger partial charge in [-0.05, 0) is 13.3 Å². The van der Waals surface area contributed by atoms with Gasteiger partial charge >= 0.3 is 6.18 Å².